The number of hydrogen-bond acceptors (Lipinski definition) is 2. The summed E-state index contributed by atoms with van der Waals surface area (Å²) in [5.41, 5.74) is 7.97. The monoisotopic (exact) mass is 229 g/mol. The van der Waals surface area contributed by atoms with E-state index in [0.717, 1.165) is 5.69 Å². The predicted molar refractivity (Wildman–Crippen MR) is 72.1 cm³/mol. The van der Waals surface area contributed by atoms with E-state index in [1.54, 1.807) is 0 Å². The van der Waals surface area contributed by atoms with Gasteiger partial charge in [-0.1, -0.05) is 0 Å². The fourth-order valence-electron chi connectivity index (χ4n) is 2.77. The van der Waals surface area contributed by atoms with E-state index in [1.807, 2.05) is 6.07 Å². The maximum Gasteiger partial charge on any atom is 0.0484 e. The van der Waals surface area contributed by atoms with Gasteiger partial charge in [0.2, 0.25) is 0 Å². The first-order valence-electron chi connectivity index (χ1n) is 6.28. The minimum atomic E-state index is 0.646. The molecule has 0 radical (unpaired) electrons. The van der Waals surface area contributed by atoms with Crippen LogP contribution in [0.25, 0.3) is 10.9 Å². The van der Waals surface area contributed by atoms with Gasteiger partial charge in [-0.3, -0.25) is 0 Å². The van der Waals surface area contributed by atoms with Crippen molar-refractivity contribution in [3.63, 3.8) is 0 Å². The van der Waals surface area contributed by atoms with E-state index < -0.39 is 0 Å². The minimum absolute atomic E-state index is 0.646. The fourth-order valence-corrected chi connectivity index (χ4v) is 2.77. The normalized spacial score (nSPS) is 18.9. The first kappa shape index (κ1) is 10.7. The maximum atomic E-state index is 5.81. The van der Waals surface area contributed by atoms with Gasteiger partial charge in [0.15, 0.2) is 0 Å². The average molecular weight is 229 g/mol. The van der Waals surface area contributed by atoms with Gasteiger partial charge < -0.3 is 15.2 Å². The molecule has 0 amide bonds. The Labute approximate surface area is 102 Å². The van der Waals surface area contributed by atoms with Crippen molar-refractivity contribution in [3.8, 4) is 0 Å². The van der Waals surface area contributed by atoms with Crippen LogP contribution in [0.15, 0.2) is 30.5 Å². The lowest BCUT2D eigenvalue weighted by Crippen LogP contribution is -2.31. The minimum Gasteiger partial charge on any atom is -0.399 e. The smallest absolute Gasteiger partial charge is 0.0484 e. The molecule has 3 heteroatoms. The molecule has 2 heterocycles. The molecular formula is C14H19N3. The Balaban J connectivity index is 1.95. The summed E-state index contributed by atoms with van der Waals surface area (Å²) in [7, 11) is 2.20. The van der Waals surface area contributed by atoms with Gasteiger partial charge >= 0.3 is 0 Å². The second-order valence-corrected chi connectivity index (χ2v) is 5.08. The zero-order valence-corrected chi connectivity index (χ0v) is 10.3. The summed E-state index contributed by atoms with van der Waals surface area (Å²) >= 11 is 0. The molecule has 1 saturated heterocycles. The largest absolute Gasteiger partial charge is 0.399 e. The first-order valence-corrected chi connectivity index (χ1v) is 6.28. The Bertz CT molecular complexity index is 521. The number of anilines is 1. The third kappa shape index (κ3) is 1.91. The summed E-state index contributed by atoms with van der Waals surface area (Å²) in [6.45, 7) is 2.39. The predicted octanol–water partition coefficient (Wildman–Crippen LogP) is 2.49. The standard InChI is InChI=1S/C14H19N3/c1-16-7-5-13(6-8-16)17-9-4-11-10-12(15)2-3-14(11)17/h2-4,9-10,13H,5-8,15H2,1H3. The molecule has 3 rings (SSSR count). The zero-order valence-electron chi connectivity index (χ0n) is 10.3. The summed E-state index contributed by atoms with van der Waals surface area (Å²) in [6, 6.07) is 9.01. The van der Waals surface area contributed by atoms with Crippen LogP contribution in [-0.2, 0) is 0 Å². The number of rotatable bonds is 1. The quantitative estimate of drug-likeness (QED) is 0.762. The molecule has 2 aromatic rings. The van der Waals surface area contributed by atoms with Gasteiger partial charge in [-0.15, -0.1) is 0 Å². The van der Waals surface area contributed by atoms with E-state index in [9.17, 15) is 0 Å². The lowest BCUT2D eigenvalue weighted by Gasteiger charge is -2.30. The lowest BCUT2D eigenvalue weighted by molar-refractivity contribution is 0.224. The number of likely N-dealkylation sites (tertiary alicyclic amines) is 1. The van der Waals surface area contributed by atoms with Crippen LogP contribution in [0.3, 0.4) is 0 Å². The molecule has 1 fully saturated rings. The maximum absolute atomic E-state index is 5.81. The van der Waals surface area contributed by atoms with Crippen molar-refractivity contribution in [1.82, 2.24) is 9.47 Å². The topological polar surface area (TPSA) is 34.2 Å². The van der Waals surface area contributed by atoms with Crippen LogP contribution in [0.2, 0.25) is 0 Å². The molecule has 3 nitrogen and oxygen atoms in total. The summed E-state index contributed by atoms with van der Waals surface area (Å²) in [5, 5.41) is 1.25. The van der Waals surface area contributed by atoms with E-state index in [2.05, 4.69) is 40.9 Å². The molecule has 2 N–H and O–H groups in total. The van der Waals surface area contributed by atoms with E-state index in [-0.39, 0.29) is 0 Å². The van der Waals surface area contributed by atoms with Crippen LogP contribution >= 0.6 is 0 Å². The second kappa shape index (κ2) is 4.08. The number of fused-ring (bicyclic) bond motifs is 1. The summed E-state index contributed by atoms with van der Waals surface area (Å²) in [4.78, 5) is 2.40. The van der Waals surface area contributed by atoms with Crippen LogP contribution in [0.1, 0.15) is 18.9 Å². The molecule has 0 unspecified atom stereocenters. The lowest BCUT2D eigenvalue weighted by atomic mass is 10.1. The Morgan fingerprint density at radius 1 is 1.18 bits per heavy atom. The Kier molecular flexibility index (Phi) is 2.56. The van der Waals surface area contributed by atoms with Crippen molar-refractivity contribution in [1.29, 1.82) is 0 Å². The van der Waals surface area contributed by atoms with E-state index in [0.29, 0.717) is 6.04 Å². The van der Waals surface area contributed by atoms with E-state index >= 15 is 0 Å². The molecular weight excluding hydrogens is 210 g/mol. The number of hydrogen-bond donors (Lipinski definition) is 1. The third-order valence-electron chi connectivity index (χ3n) is 3.83. The van der Waals surface area contributed by atoms with Crippen molar-refractivity contribution in [3.05, 3.63) is 30.5 Å². The van der Waals surface area contributed by atoms with Crippen LogP contribution in [0, 0.1) is 0 Å². The molecule has 0 saturated carbocycles. The summed E-state index contributed by atoms with van der Waals surface area (Å²) in [5.74, 6) is 0. The highest BCUT2D eigenvalue weighted by molar-refractivity contribution is 5.83. The van der Waals surface area contributed by atoms with Crippen molar-refractivity contribution in [2.75, 3.05) is 25.9 Å². The summed E-state index contributed by atoms with van der Waals surface area (Å²) in [6.07, 6.45) is 4.69. The van der Waals surface area contributed by atoms with Gasteiger partial charge in [0.1, 0.15) is 0 Å². The number of nitrogens with zero attached hydrogens (tertiary/aromatic N) is 2. The van der Waals surface area contributed by atoms with Crippen molar-refractivity contribution in [2.24, 2.45) is 0 Å². The summed E-state index contributed by atoms with van der Waals surface area (Å²) < 4.78 is 2.42. The molecule has 1 aromatic heterocycles. The van der Waals surface area contributed by atoms with Gasteiger partial charge in [0, 0.05) is 28.8 Å². The van der Waals surface area contributed by atoms with Gasteiger partial charge in [0.05, 0.1) is 0 Å². The van der Waals surface area contributed by atoms with Crippen molar-refractivity contribution in [2.45, 2.75) is 18.9 Å². The van der Waals surface area contributed by atoms with Gasteiger partial charge in [-0.25, -0.2) is 0 Å². The second-order valence-electron chi connectivity index (χ2n) is 5.08. The number of nitrogen functional groups attached to an aromatic ring is 1. The Morgan fingerprint density at radius 2 is 1.94 bits per heavy atom. The molecule has 0 bridgehead atoms. The molecule has 0 spiro atoms. The SMILES string of the molecule is CN1CCC(n2ccc3cc(N)ccc32)CC1. The molecule has 90 valence electrons. The van der Waals surface area contributed by atoms with Crippen LogP contribution in [0.4, 0.5) is 5.69 Å². The van der Waals surface area contributed by atoms with Crippen LogP contribution in [-0.4, -0.2) is 29.6 Å². The van der Waals surface area contributed by atoms with Gasteiger partial charge in [-0.05, 0) is 57.2 Å². The molecule has 1 aromatic carbocycles. The Morgan fingerprint density at radius 3 is 2.71 bits per heavy atom. The number of nitrogens with two attached hydrogens (primary N) is 1. The van der Waals surface area contributed by atoms with E-state index in [1.165, 1.54) is 36.8 Å². The number of benzene rings is 1. The van der Waals surface area contributed by atoms with Crippen LogP contribution in [0.5, 0.6) is 0 Å². The zero-order chi connectivity index (χ0) is 11.8. The highest BCUT2D eigenvalue weighted by Crippen LogP contribution is 2.28. The molecule has 1 aliphatic rings. The first-order chi connectivity index (χ1) is 8.24. The number of aromatic nitrogens is 1. The van der Waals surface area contributed by atoms with Gasteiger partial charge in [-0.2, -0.15) is 0 Å². The molecule has 1 aliphatic heterocycles. The van der Waals surface area contributed by atoms with Crippen molar-refractivity contribution >= 4 is 16.6 Å². The number of piperidine rings is 1. The highest BCUT2D eigenvalue weighted by atomic mass is 15.1. The average Bonchev–Trinajstić information content (AvgIpc) is 2.73. The van der Waals surface area contributed by atoms with E-state index in [4.69, 9.17) is 5.73 Å². The van der Waals surface area contributed by atoms with Gasteiger partial charge in [0.25, 0.3) is 0 Å². The molecule has 0 aliphatic carbocycles. The highest BCUT2D eigenvalue weighted by Gasteiger charge is 2.18. The van der Waals surface area contributed by atoms with Crippen LogP contribution < -0.4 is 5.73 Å². The molecule has 17 heavy (non-hydrogen) atoms. The van der Waals surface area contributed by atoms with Crippen molar-refractivity contribution < 1.29 is 0 Å². The molecule has 0 atom stereocenters. The fraction of sp³-hybridized carbons (Fsp3) is 0.429. The Hall–Kier alpha value is -1.48. The third-order valence-corrected chi connectivity index (χ3v) is 3.83.